The van der Waals surface area contributed by atoms with Crippen molar-refractivity contribution in [1.29, 1.82) is 0 Å². The second-order valence-electron chi connectivity index (χ2n) is 11.1. The van der Waals surface area contributed by atoms with Crippen molar-refractivity contribution in [2.24, 2.45) is 5.92 Å². The van der Waals surface area contributed by atoms with Crippen LogP contribution in [-0.2, 0) is 19.6 Å². The molecule has 2 aliphatic heterocycles. The molecule has 0 unspecified atom stereocenters. The van der Waals surface area contributed by atoms with Crippen molar-refractivity contribution in [3.8, 4) is 11.5 Å². The van der Waals surface area contributed by atoms with Crippen LogP contribution in [0.5, 0.6) is 0 Å². The Morgan fingerprint density at radius 1 is 1.26 bits per heavy atom. The Hall–Kier alpha value is -2.77. The number of hydrogen-bond donors (Lipinski definition) is 2. The summed E-state index contributed by atoms with van der Waals surface area (Å²) >= 11 is 6.40. The summed E-state index contributed by atoms with van der Waals surface area (Å²) in [6.07, 6.45) is 1.02. The summed E-state index contributed by atoms with van der Waals surface area (Å²) in [4.78, 5) is 37.4. The highest BCUT2D eigenvalue weighted by Crippen LogP contribution is 2.37. The summed E-state index contributed by atoms with van der Waals surface area (Å²) in [6.45, 7) is 8.50. The number of hydrogen-bond acceptors (Lipinski definition) is 7. The fourth-order valence-electron chi connectivity index (χ4n) is 4.73. The molecule has 14 heteroatoms. The van der Waals surface area contributed by atoms with Gasteiger partial charge in [0.05, 0.1) is 23.7 Å². The maximum absolute atomic E-state index is 13.2. The third kappa shape index (κ3) is 7.25. The molecule has 0 aliphatic carbocycles. The fourth-order valence-corrected chi connectivity index (χ4v) is 6.55. The maximum atomic E-state index is 13.2. The van der Waals surface area contributed by atoms with E-state index in [4.69, 9.17) is 16.3 Å². The Kier molecular flexibility index (Phi) is 8.52. The maximum Gasteiger partial charge on any atom is 0.410 e. The molecule has 0 bridgehead atoms. The lowest BCUT2D eigenvalue weighted by molar-refractivity contribution is -0.122. The van der Waals surface area contributed by atoms with E-state index in [-0.39, 0.29) is 54.2 Å². The second kappa shape index (κ2) is 11.4. The molecule has 2 aromatic rings. The van der Waals surface area contributed by atoms with Crippen LogP contribution in [-0.4, -0.2) is 88.2 Å². The van der Waals surface area contributed by atoms with Crippen LogP contribution in [0.3, 0.4) is 0 Å². The van der Waals surface area contributed by atoms with Crippen LogP contribution in [0.2, 0.25) is 5.15 Å². The van der Waals surface area contributed by atoms with Gasteiger partial charge in [-0.15, -0.1) is 0 Å². The summed E-state index contributed by atoms with van der Waals surface area (Å²) in [5.41, 5.74) is 0.554. The van der Waals surface area contributed by atoms with Gasteiger partial charge < -0.3 is 19.9 Å². The van der Waals surface area contributed by atoms with Gasteiger partial charge in [-0.1, -0.05) is 18.5 Å². The molecule has 2 fully saturated rings. The number of piperidine rings is 1. The molecule has 39 heavy (non-hydrogen) atoms. The van der Waals surface area contributed by atoms with Crippen molar-refractivity contribution in [1.82, 2.24) is 29.5 Å². The zero-order valence-electron chi connectivity index (χ0n) is 22.4. The van der Waals surface area contributed by atoms with E-state index in [1.165, 1.54) is 21.3 Å². The molecule has 2 amide bonds. The van der Waals surface area contributed by atoms with E-state index in [9.17, 15) is 22.4 Å². The SMILES string of the molecule is C[C@H]1CN(S(=O)(=O)CCC(=O)NC2CN(C(=O)OC(C)(C)C)C2)CC[C@H]1c1[nH]c(-c2ccc(F)cn2)nc1Cl. The number of nitrogens with zero attached hydrogens (tertiary/aromatic N) is 4. The van der Waals surface area contributed by atoms with Gasteiger partial charge >= 0.3 is 6.09 Å². The van der Waals surface area contributed by atoms with Gasteiger partial charge in [0.2, 0.25) is 15.9 Å². The van der Waals surface area contributed by atoms with E-state index in [1.54, 1.807) is 20.8 Å². The normalized spacial score (nSPS) is 20.9. The smallest absolute Gasteiger partial charge is 0.410 e. The predicted molar refractivity (Wildman–Crippen MR) is 143 cm³/mol. The zero-order chi connectivity index (χ0) is 28.5. The number of aromatic nitrogens is 3. The number of H-pyrrole nitrogens is 1. The number of pyridine rings is 1. The number of imidazole rings is 1. The van der Waals surface area contributed by atoms with Crippen LogP contribution in [0, 0.1) is 11.7 Å². The summed E-state index contributed by atoms with van der Waals surface area (Å²) in [6, 6.07) is 2.57. The van der Waals surface area contributed by atoms with Crippen molar-refractivity contribution >= 4 is 33.6 Å². The summed E-state index contributed by atoms with van der Waals surface area (Å²) in [5, 5.41) is 3.06. The quantitative estimate of drug-likeness (QED) is 0.510. The molecule has 4 heterocycles. The van der Waals surface area contributed by atoms with E-state index >= 15 is 0 Å². The largest absolute Gasteiger partial charge is 0.444 e. The van der Waals surface area contributed by atoms with Crippen LogP contribution in [0.1, 0.15) is 52.1 Å². The van der Waals surface area contributed by atoms with Gasteiger partial charge in [-0.3, -0.25) is 4.79 Å². The van der Waals surface area contributed by atoms with Gasteiger partial charge in [0.1, 0.15) is 17.1 Å². The Morgan fingerprint density at radius 2 is 1.97 bits per heavy atom. The van der Waals surface area contributed by atoms with E-state index < -0.39 is 27.5 Å². The fraction of sp³-hybridized carbons (Fsp3) is 0.600. The molecule has 0 radical (unpaired) electrons. The molecule has 2 saturated heterocycles. The van der Waals surface area contributed by atoms with E-state index in [0.717, 1.165) is 6.20 Å². The number of sulfonamides is 1. The summed E-state index contributed by atoms with van der Waals surface area (Å²) < 4.78 is 45.9. The Balaban J connectivity index is 1.26. The molecule has 0 aromatic carbocycles. The average Bonchev–Trinajstić information content (AvgIpc) is 3.20. The highest BCUT2D eigenvalue weighted by molar-refractivity contribution is 7.89. The van der Waals surface area contributed by atoms with Crippen LogP contribution in [0.25, 0.3) is 11.5 Å². The average molecular weight is 585 g/mol. The van der Waals surface area contributed by atoms with E-state index in [2.05, 4.69) is 20.3 Å². The minimum Gasteiger partial charge on any atom is -0.444 e. The third-order valence-corrected chi connectivity index (χ3v) is 8.90. The minimum atomic E-state index is -3.65. The van der Waals surface area contributed by atoms with Gasteiger partial charge in [0.25, 0.3) is 0 Å². The minimum absolute atomic E-state index is 0.0551. The lowest BCUT2D eigenvalue weighted by Gasteiger charge is -2.40. The Labute approximate surface area is 232 Å². The number of amides is 2. The lowest BCUT2D eigenvalue weighted by atomic mass is 9.86. The van der Waals surface area contributed by atoms with E-state index in [1.807, 2.05) is 6.92 Å². The number of carbonyl (C=O) groups is 2. The number of ether oxygens (including phenoxy) is 1. The van der Waals surface area contributed by atoms with Crippen LogP contribution >= 0.6 is 11.6 Å². The summed E-state index contributed by atoms with van der Waals surface area (Å²) in [7, 11) is -3.65. The first-order chi connectivity index (χ1) is 18.2. The Morgan fingerprint density at radius 3 is 2.59 bits per heavy atom. The Bertz CT molecular complexity index is 1310. The number of halogens is 2. The van der Waals surface area contributed by atoms with Crippen molar-refractivity contribution in [2.45, 2.75) is 58.1 Å². The first kappa shape index (κ1) is 29.2. The third-order valence-electron chi connectivity index (χ3n) is 6.77. The highest BCUT2D eigenvalue weighted by Gasteiger charge is 2.37. The zero-order valence-corrected chi connectivity index (χ0v) is 24.0. The molecule has 2 N–H and O–H groups in total. The highest BCUT2D eigenvalue weighted by atomic mass is 35.5. The number of likely N-dealkylation sites (tertiary alicyclic amines) is 1. The molecular weight excluding hydrogens is 551 g/mol. The number of carbonyl (C=O) groups excluding carboxylic acids is 2. The summed E-state index contributed by atoms with van der Waals surface area (Å²) in [5.74, 6) is -0.831. The van der Waals surface area contributed by atoms with Crippen molar-refractivity contribution in [3.63, 3.8) is 0 Å². The molecule has 11 nitrogen and oxygen atoms in total. The molecule has 214 valence electrons. The van der Waals surface area contributed by atoms with Crippen molar-refractivity contribution in [2.75, 3.05) is 31.9 Å². The van der Waals surface area contributed by atoms with Gasteiger partial charge in [-0.2, -0.15) is 0 Å². The molecule has 4 rings (SSSR count). The first-order valence-corrected chi connectivity index (χ1v) is 14.8. The monoisotopic (exact) mass is 584 g/mol. The topological polar surface area (TPSA) is 138 Å². The van der Waals surface area contributed by atoms with Crippen LogP contribution in [0.4, 0.5) is 9.18 Å². The van der Waals surface area contributed by atoms with Gasteiger partial charge in [-0.05, 0) is 45.2 Å². The van der Waals surface area contributed by atoms with Crippen molar-refractivity contribution in [3.05, 3.63) is 35.0 Å². The second-order valence-corrected chi connectivity index (χ2v) is 13.5. The predicted octanol–water partition coefficient (Wildman–Crippen LogP) is 3.15. The van der Waals surface area contributed by atoms with Gasteiger partial charge in [0.15, 0.2) is 11.0 Å². The molecule has 0 saturated carbocycles. The molecule has 2 aromatic heterocycles. The van der Waals surface area contributed by atoms with Crippen LogP contribution in [0.15, 0.2) is 18.3 Å². The lowest BCUT2D eigenvalue weighted by Crippen LogP contribution is -2.61. The number of aromatic amines is 1. The number of rotatable bonds is 7. The van der Waals surface area contributed by atoms with Gasteiger partial charge in [-0.25, -0.2) is 31.9 Å². The molecular formula is C25H34ClFN6O5S. The standard InChI is InChI=1S/C25H34ClFN6O5S/c1-15-12-33(9-7-18(15)21-22(26)31-23(30-21)19-6-5-16(27)11-28-19)39(36,37)10-8-20(34)29-17-13-32(14-17)24(35)38-25(2,3)4/h5-6,11,15,17-18H,7-10,12-14H2,1-4H3,(H,29,34)(H,30,31)/t15-,18+/m0/s1. The number of nitrogens with one attached hydrogen (secondary N) is 2. The molecule has 2 aliphatic rings. The van der Waals surface area contributed by atoms with E-state index in [0.29, 0.717) is 36.7 Å². The molecule has 0 spiro atoms. The molecule has 2 atom stereocenters. The van der Waals surface area contributed by atoms with Gasteiger partial charge in [0, 0.05) is 38.5 Å². The van der Waals surface area contributed by atoms with Crippen molar-refractivity contribution < 1.29 is 27.1 Å². The first-order valence-electron chi connectivity index (χ1n) is 12.8. The van der Waals surface area contributed by atoms with Crippen LogP contribution < -0.4 is 5.32 Å².